The SMILES string of the molecule is CCc1ccc(C2=C(C)C(=O)N(CC(=O)Nc3cccc(C(C)=O)c3)S2(=O)=O)cc1. The molecular weight excluding hydrogens is 404 g/mol. The average Bonchev–Trinajstić information content (AvgIpc) is 2.87. The van der Waals surface area contributed by atoms with E-state index in [-0.39, 0.29) is 16.3 Å². The third-order valence-corrected chi connectivity index (χ3v) is 6.83. The van der Waals surface area contributed by atoms with Crippen molar-refractivity contribution in [1.82, 2.24) is 4.31 Å². The maximum atomic E-state index is 13.0. The zero-order chi connectivity index (χ0) is 22.1. The fraction of sp³-hybridized carbons (Fsp3) is 0.227. The van der Waals surface area contributed by atoms with Crippen molar-refractivity contribution in [2.75, 3.05) is 11.9 Å². The van der Waals surface area contributed by atoms with Crippen LogP contribution < -0.4 is 5.32 Å². The van der Waals surface area contributed by atoms with Crippen LogP contribution >= 0.6 is 0 Å². The van der Waals surface area contributed by atoms with E-state index in [1.54, 1.807) is 30.3 Å². The molecule has 0 bridgehead atoms. The van der Waals surface area contributed by atoms with Gasteiger partial charge in [-0.2, -0.15) is 0 Å². The minimum absolute atomic E-state index is 0.0747. The minimum atomic E-state index is -4.16. The monoisotopic (exact) mass is 426 g/mol. The molecule has 0 radical (unpaired) electrons. The van der Waals surface area contributed by atoms with Crippen molar-refractivity contribution in [2.45, 2.75) is 27.2 Å². The Morgan fingerprint density at radius 1 is 1.07 bits per heavy atom. The second kappa shape index (κ2) is 8.23. The number of sulfonamides is 1. The van der Waals surface area contributed by atoms with Gasteiger partial charge in [0.25, 0.3) is 15.9 Å². The Labute approximate surface area is 175 Å². The molecule has 30 heavy (non-hydrogen) atoms. The van der Waals surface area contributed by atoms with Crippen LogP contribution in [0.4, 0.5) is 5.69 Å². The third kappa shape index (κ3) is 4.04. The second-order valence-corrected chi connectivity index (χ2v) is 8.81. The molecule has 0 spiro atoms. The molecule has 1 aliphatic rings. The number of hydrogen-bond acceptors (Lipinski definition) is 5. The number of hydrogen-bond donors (Lipinski definition) is 1. The van der Waals surface area contributed by atoms with E-state index in [0.29, 0.717) is 21.1 Å². The topological polar surface area (TPSA) is 101 Å². The first-order chi connectivity index (χ1) is 14.1. The number of Topliss-reactive ketones (excluding diaryl/α,β-unsaturated/α-hetero) is 1. The summed E-state index contributed by atoms with van der Waals surface area (Å²) < 4.78 is 26.6. The van der Waals surface area contributed by atoms with E-state index >= 15 is 0 Å². The Balaban J connectivity index is 1.82. The molecule has 0 saturated carbocycles. The van der Waals surface area contributed by atoms with Crippen LogP contribution in [-0.2, 0) is 26.0 Å². The normalized spacial score (nSPS) is 15.4. The van der Waals surface area contributed by atoms with Crippen LogP contribution in [0.2, 0.25) is 0 Å². The standard InChI is InChI=1S/C22H22N2O5S/c1-4-16-8-10-17(11-9-16)21-14(2)22(27)24(30(21,28)29)13-20(26)23-19-7-5-6-18(12-19)15(3)25/h5-12H,4,13H2,1-3H3,(H,23,26). The summed E-state index contributed by atoms with van der Waals surface area (Å²) in [6, 6.07) is 13.2. The average molecular weight is 426 g/mol. The van der Waals surface area contributed by atoms with Gasteiger partial charge in [-0.05, 0) is 43.5 Å². The summed E-state index contributed by atoms with van der Waals surface area (Å²) >= 11 is 0. The molecule has 3 rings (SSSR count). The van der Waals surface area contributed by atoms with Gasteiger partial charge >= 0.3 is 0 Å². The lowest BCUT2D eigenvalue weighted by Crippen LogP contribution is -2.38. The highest BCUT2D eigenvalue weighted by atomic mass is 32.2. The maximum Gasteiger partial charge on any atom is 0.268 e. The van der Waals surface area contributed by atoms with Gasteiger partial charge in [0.05, 0.1) is 0 Å². The van der Waals surface area contributed by atoms with Gasteiger partial charge in [-0.15, -0.1) is 0 Å². The van der Waals surface area contributed by atoms with E-state index in [4.69, 9.17) is 0 Å². The molecule has 2 aromatic carbocycles. The Morgan fingerprint density at radius 2 is 1.73 bits per heavy atom. The predicted molar refractivity (Wildman–Crippen MR) is 114 cm³/mol. The number of rotatable bonds is 6. The lowest BCUT2D eigenvalue weighted by atomic mass is 10.1. The summed E-state index contributed by atoms with van der Waals surface area (Å²) in [6.45, 7) is 4.18. The Kier molecular flexibility index (Phi) is 5.89. The maximum absolute atomic E-state index is 13.0. The van der Waals surface area contributed by atoms with E-state index in [2.05, 4.69) is 5.32 Å². The molecule has 0 fully saturated rings. The molecule has 1 aliphatic heterocycles. The number of carbonyl (C=O) groups is 3. The van der Waals surface area contributed by atoms with E-state index in [1.807, 2.05) is 19.1 Å². The van der Waals surface area contributed by atoms with Crippen LogP contribution in [0.1, 0.15) is 42.3 Å². The van der Waals surface area contributed by atoms with Crippen LogP contribution in [0.5, 0.6) is 0 Å². The quantitative estimate of drug-likeness (QED) is 0.716. The summed E-state index contributed by atoms with van der Waals surface area (Å²) in [6.07, 6.45) is 0.807. The van der Waals surface area contributed by atoms with E-state index < -0.39 is 28.4 Å². The first kappa shape index (κ1) is 21.4. The van der Waals surface area contributed by atoms with E-state index in [0.717, 1.165) is 12.0 Å². The summed E-state index contributed by atoms with van der Waals surface area (Å²) in [5.41, 5.74) is 2.29. The van der Waals surface area contributed by atoms with Crippen molar-refractivity contribution >= 4 is 38.2 Å². The molecule has 8 heteroatoms. The molecule has 0 saturated heterocycles. The van der Waals surface area contributed by atoms with Crippen molar-refractivity contribution in [3.05, 3.63) is 70.8 Å². The Hall–Kier alpha value is -3.26. The fourth-order valence-corrected chi connectivity index (χ4v) is 5.03. The number of nitrogens with zero attached hydrogens (tertiary/aromatic N) is 1. The van der Waals surface area contributed by atoms with E-state index in [1.165, 1.54) is 19.9 Å². The zero-order valence-electron chi connectivity index (χ0n) is 16.9. The first-order valence-electron chi connectivity index (χ1n) is 9.43. The number of aryl methyl sites for hydroxylation is 1. The van der Waals surface area contributed by atoms with Crippen molar-refractivity contribution in [3.63, 3.8) is 0 Å². The molecule has 0 aliphatic carbocycles. The summed E-state index contributed by atoms with van der Waals surface area (Å²) in [7, 11) is -4.16. The van der Waals surface area contributed by atoms with Crippen LogP contribution in [0, 0.1) is 0 Å². The van der Waals surface area contributed by atoms with Crippen LogP contribution in [-0.4, -0.2) is 36.9 Å². The van der Waals surface area contributed by atoms with Gasteiger partial charge in [0.15, 0.2) is 5.78 Å². The van der Waals surface area contributed by atoms with Gasteiger partial charge in [-0.3, -0.25) is 14.4 Å². The Morgan fingerprint density at radius 3 is 2.33 bits per heavy atom. The highest BCUT2D eigenvalue weighted by Crippen LogP contribution is 2.35. The van der Waals surface area contributed by atoms with Crippen molar-refractivity contribution < 1.29 is 22.8 Å². The number of anilines is 1. The number of amides is 2. The second-order valence-electron chi connectivity index (χ2n) is 7.01. The van der Waals surface area contributed by atoms with Crippen molar-refractivity contribution in [1.29, 1.82) is 0 Å². The summed E-state index contributed by atoms with van der Waals surface area (Å²) in [4.78, 5) is 36.5. The zero-order valence-corrected chi connectivity index (χ0v) is 17.7. The first-order valence-corrected chi connectivity index (χ1v) is 10.9. The van der Waals surface area contributed by atoms with Crippen molar-refractivity contribution in [2.24, 2.45) is 0 Å². The smallest absolute Gasteiger partial charge is 0.268 e. The third-order valence-electron chi connectivity index (χ3n) is 4.90. The summed E-state index contributed by atoms with van der Waals surface area (Å²) in [5, 5.41) is 2.54. The van der Waals surface area contributed by atoms with Gasteiger partial charge in [0.1, 0.15) is 11.4 Å². The van der Waals surface area contributed by atoms with Crippen LogP contribution in [0.3, 0.4) is 0 Å². The Bertz CT molecular complexity index is 1160. The van der Waals surface area contributed by atoms with Gasteiger partial charge < -0.3 is 5.32 Å². The molecule has 156 valence electrons. The van der Waals surface area contributed by atoms with Crippen LogP contribution in [0.15, 0.2) is 54.1 Å². The highest BCUT2D eigenvalue weighted by molar-refractivity contribution is 7.99. The molecule has 2 aromatic rings. The van der Waals surface area contributed by atoms with Crippen LogP contribution in [0.25, 0.3) is 4.91 Å². The number of benzene rings is 2. The molecular formula is C22H22N2O5S. The molecule has 7 nitrogen and oxygen atoms in total. The molecule has 2 amide bonds. The van der Waals surface area contributed by atoms with E-state index in [9.17, 15) is 22.8 Å². The highest BCUT2D eigenvalue weighted by Gasteiger charge is 2.43. The van der Waals surface area contributed by atoms with Crippen molar-refractivity contribution in [3.8, 4) is 0 Å². The largest absolute Gasteiger partial charge is 0.324 e. The molecule has 0 unspecified atom stereocenters. The lowest BCUT2D eigenvalue weighted by Gasteiger charge is -2.16. The molecule has 0 atom stereocenters. The van der Waals surface area contributed by atoms with Gasteiger partial charge in [-0.25, -0.2) is 12.7 Å². The molecule has 0 aromatic heterocycles. The number of carbonyl (C=O) groups excluding carboxylic acids is 3. The minimum Gasteiger partial charge on any atom is -0.324 e. The predicted octanol–water partition coefficient (Wildman–Crippen LogP) is 2.99. The van der Waals surface area contributed by atoms with Gasteiger partial charge in [0.2, 0.25) is 5.91 Å². The number of nitrogens with one attached hydrogen (secondary N) is 1. The number of ketones is 1. The van der Waals surface area contributed by atoms with Gasteiger partial charge in [-0.1, -0.05) is 43.3 Å². The molecule has 1 N–H and O–H groups in total. The fourth-order valence-electron chi connectivity index (χ4n) is 3.26. The van der Waals surface area contributed by atoms with Gasteiger partial charge in [0, 0.05) is 16.8 Å². The lowest BCUT2D eigenvalue weighted by molar-refractivity contribution is -0.126. The molecule has 1 heterocycles. The summed E-state index contributed by atoms with van der Waals surface area (Å²) in [5.74, 6) is -1.57.